The summed E-state index contributed by atoms with van der Waals surface area (Å²) in [5, 5.41) is 7.25. The van der Waals surface area contributed by atoms with Crippen molar-refractivity contribution in [3.63, 3.8) is 0 Å². The largest absolute Gasteiger partial charge is 0.461 e. The number of rotatable bonds is 4. The Labute approximate surface area is 112 Å². The van der Waals surface area contributed by atoms with Gasteiger partial charge < -0.3 is 10.1 Å². The van der Waals surface area contributed by atoms with Gasteiger partial charge in [-0.05, 0) is 33.8 Å². The standard InChI is InChI=1S/C12H18N6O/c1-7(2)19-12-15-10(13-5)14-11(16-12)18-9(4)6-8(3)17-18/h6-7H,1-5H3,(H,13,14,15,16). The van der Waals surface area contributed by atoms with Gasteiger partial charge in [-0.15, -0.1) is 0 Å². The Balaban J connectivity index is 2.47. The second-order valence-electron chi connectivity index (χ2n) is 4.50. The molecule has 102 valence electrons. The Morgan fingerprint density at radius 1 is 1.21 bits per heavy atom. The van der Waals surface area contributed by atoms with E-state index in [1.54, 1.807) is 11.7 Å². The molecule has 7 heteroatoms. The number of aryl methyl sites for hydroxylation is 2. The van der Waals surface area contributed by atoms with Gasteiger partial charge in [-0.1, -0.05) is 0 Å². The van der Waals surface area contributed by atoms with Crippen molar-refractivity contribution in [3.8, 4) is 12.0 Å². The van der Waals surface area contributed by atoms with Crippen LogP contribution in [0.2, 0.25) is 0 Å². The first kappa shape index (κ1) is 13.3. The summed E-state index contributed by atoms with van der Waals surface area (Å²) in [4.78, 5) is 12.7. The summed E-state index contributed by atoms with van der Waals surface area (Å²) < 4.78 is 7.19. The number of hydrogen-bond donors (Lipinski definition) is 1. The average Bonchev–Trinajstić information content (AvgIpc) is 2.67. The van der Waals surface area contributed by atoms with E-state index >= 15 is 0 Å². The van der Waals surface area contributed by atoms with Crippen molar-refractivity contribution >= 4 is 5.95 Å². The number of hydrogen-bond acceptors (Lipinski definition) is 6. The lowest BCUT2D eigenvalue weighted by Crippen LogP contribution is -2.14. The van der Waals surface area contributed by atoms with Crippen LogP contribution in [0.25, 0.3) is 5.95 Å². The molecule has 0 bridgehead atoms. The highest BCUT2D eigenvalue weighted by atomic mass is 16.5. The third-order valence-electron chi connectivity index (χ3n) is 2.37. The van der Waals surface area contributed by atoms with E-state index in [1.165, 1.54) is 0 Å². The van der Waals surface area contributed by atoms with E-state index in [4.69, 9.17) is 4.74 Å². The fraction of sp³-hybridized carbons (Fsp3) is 0.500. The van der Waals surface area contributed by atoms with Gasteiger partial charge in [0.25, 0.3) is 5.95 Å². The molecule has 2 heterocycles. The van der Waals surface area contributed by atoms with Crippen molar-refractivity contribution in [3.05, 3.63) is 17.5 Å². The van der Waals surface area contributed by atoms with Crippen molar-refractivity contribution in [1.29, 1.82) is 0 Å². The van der Waals surface area contributed by atoms with Crippen molar-refractivity contribution in [2.45, 2.75) is 33.8 Å². The summed E-state index contributed by atoms with van der Waals surface area (Å²) in [5.41, 5.74) is 1.87. The van der Waals surface area contributed by atoms with Crippen LogP contribution < -0.4 is 10.1 Å². The van der Waals surface area contributed by atoms with Crippen LogP contribution >= 0.6 is 0 Å². The maximum atomic E-state index is 5.52. The Kier molecular flexibility index (Phi) is 3.64. The van der Waals surface area contributed by atoms with Gasteiger partial charge in [0.1, 0.15) is 0 Å². The molecular weight excluding hydrogens is 244 g/mol. The Morgan fingerprint density at radius 3 is 2.47 bits per heavy atom. The van der Waals surface area contributed by atoms with E-state index in [-0.39, 0.29) is 12.1 Å². The molecule has 0 aliphatic heterocycles. The summed E-state index contributed by atoms with van der Waals surface area (Å²) in [6, 6.07) is 2.25. The summed E-state index contributed by atoms with van der Waals surface area (Å²) >= 11 is 0. The van der Waals surface area contributed by atoms with E-state index in [1.807, 2.05) is 33.8 Å². The maximum Gasteiger partial charge on any atom is 0.323 e. The second-order valence-corrected chi connectivity index (χ2v) is 4.50. The molecule has 19 heavy (non-hydrogen) atoms. The molecule has 0 fully saturated rings. The van der Waals surface area contributed by atoms with Crippen LogP contribution in [0.4, 0.5) is 5.95 Å². The first-order chi connectivity index (χ1) is 8.99. The molecule has 1 N–H and O–H groups in total. The molecule has 2 aromatic rings. The fourth-order valence-electron chi connectivity index (χ4n) is 1.65. The summed E-state index contributed by atoms with van der Waals surface area (Å²) in [7, 11) is 1.75. The number of ether oxygens (including phenoxy) is 1. The van der Waals surface area contributed by atoms with Gasteiger partial charge in [-0.3, -0.25) is 0 Å². The van der Waals surface area contributed by atoms with E-state index in [9.17, 15) is 0 Å². The minimum Gasteiger partial charge on any atom is -0.461 e. The number of nitrogens with one attached hydrogen (secondary N) is 1. The predicted octanol–water partition coefficient (Wildman–Crippen LogP) is 1.50. The van der Waals surface area contributed by atoms with Crippen LogP contribution in [-0.2, 0) is 0 Å². The van der Waals surface area contributed by atoms with E-state index in [2.05, 4.69) is 25.4 Å². The summed E-state index contributed by atoms with van der Waals surface area (Å²) in [6.07, 6.45) is 0.000380. The molecule has 0 aromatic carbocycles. The van der Waals surface area contributed by atoms with Gasteiger partial charge >= 0.3 is 6.01 Å². The molecule has 2 rings (SSSR count). The van der Waals surface area contributed by atoms with Crippen molar-refractivity contribution in [2.24, 2.45) is 0 Å². The van der Waals surface area contributed by atoms with Gasteiger partial charge in [-0.25, -0.2) is 4.68 Å². The molecule has 2 aromatic heterocycles. The molecule has 0 unspecified atom stereocenters. The molecular formula is C12H18N6O. The molecule has 0 amide bonds. The monoisotopic (exact) mass is 262 g/mol. The lowest BCUT2D eigenvalue weighted by Gasteiger charge is -2.10. The highest BCUT2D eigenvalue weighted by Crippen LogP contribution is 2.14. The number of nitrogens with zero attached hydrogens (tertiary/aromatic N) is 5. The lowest BCUT2D eigenvalue weighted by molar-refractivity contribution is 0.221. The Bertz CT molecular complexity index is 578. The van der Waals surface area contributed by atoms with E-state index < -0.39 is 0 Å². The predicted molar refractivity (Wildman–Crippen MR) is 71.7 cm³/mol. The maximum absolute atomic E-state index is 5.52. The summed E-state index contributed by atoms with van der Waals surface area (Å²) in [5.74, 6) is 0.897. The van der Waals surface area contributed by atoms with Crippen LogP contribution in [0.3, 0.4) is 0 Å². The van der Waals surface area contributed by atoms with Crippen molar-refractivity contribution in [2.75, 3.05) is 12.4 Å². The fourth-order valence-corrected chi connectivity index (χ4v) is 1.65. The first-order valence-electron chi connectivity index (χ1n) is 6.13. The zero-order valence-corrected chi connectivity index (χ0v) is 11.8. The number of anilines is 1. The lowest BCUT2D eigenvalue weighted by atomic mass is 10.4. The molecule has 0 atom stereocenters. The van der Waals surface area contributed by atoms with Crippen molar-refractivity contribution < 1.29 is 4.74 Å². The molecule has 0 aliphatic rings. The van der Waals surface area contributed by atoms with Crippen LogP contribution in [0, 0.1) is 13.8 Å². The zero-order valence-electron chi connectivity index (χ0n) is 11.8. The Hall–Kier alpha value is -2.18. The van der Waals surface area contributed by atoms with Crippen LogP contribution in [-0.4, -0.2) is 37.9 Å². The zero-order chi connectivity index (χ0) is 14.0. The van der Waals surface area contributed by atoms with E-state index in [0.717, 1.165) is 11.4 Å². The SMILES string of the molecule is CNc1nc(OC(C)C)nc(-n2nc(C)cc2C)n1. The van der Waals surface area contributed by atoms with E-state index in [0.29, 0.717) is 11.9 Å². The molecule has 0 radical (unpaired) electrons. The van der Waals surface area contributed by atoms with Crippen molar-refractivity contribution in [1.82, 2.24) is 24.7 Å². The molecule has 0 saturated heterocycles. The average molecular weight is 262 g/mol. The van der Waals surface area contributed by atoms with Gasteiger partial charge in [0.15, 0.2) is 0 Å². The third-order valence-corrected chi connectivity index (χ3v) is 2.37. The van der Waals surface area contributed by atoms with Crippen LogP contribution in [0.15, 0.2) is 6.07 Å². The van der Waals surface area contributed by atoms with Gasteiger partial charge in [-0.2, -0.15) is 20.1 Å². The van der Waals surface area contributed by atoms with Crippen LogP contribution in [0.5, 0.6) is 6.01 Å². The highest BCUT2D eigenvalue weighted by molar-refractivity contribution is 5.30. The smallest absolute Gasteiger partial charge is 0.323 e. The van der Waals surface area contributed by atoms with Gasteiger partial charge in [0.2, 0.25) is 5.95 Å². The highest BCUT2D eigenvalue weighted by Gasteiger charge is 2.12. The quantitative estimate of drug-likeness (QED) is 0.899. The molecule has 0 spiro atoms. The second kappa shape index (κ2) is 5.21. The van der Waals surface area contributed by atoms with Crippen LogP contribution in [0.1, 0.15) is 25.2 Å². The third kappa shape index (κ3) is 2.98. The molecule has 7 nitrogen and oxygen atoms in total. The summed E-state index contributed by atoms with van der Waals surface area (Å²) in [6.45, 7) is 7.72. The topological polar surface area (TPSA) is 77.8 Å². The van der Waals surface area contributed by atoms with Gasteiger partial charge in [0, 0.05) is 12.7 Å². The molecule has 0 saturated carbocycles. The minimum absolute atomic E-state index is 0.000380. The normalized spacial score (nSPS) is 10.8. The van der Waals surface area contributed by atoms with Gasteiger partial charge in [0.05, 0.1) is 11.8 Å². The first-order valence-corrected chi connectivity index (χ1v) is 6.13. The minimum atomic E-state index is 0.000380. The Morgan fingerprint density at radius 2 is 1.95 bits per heavy atom. The number of aromatic nitrogens is 5. The molecule has 0 aliphatic carbocycles.